The van der Waals surface area contributed by atoms with Gasteiger partial charge in [-0.1, -0.05) is 83.9 Å². The zero-order valence-electron chi connectivity index (χ0n) is 22.0. The van der Waals surface area contributed by atoms with Gasteiger partial charge in [0.05, 0.1) is 11.9 Å². The quantitative estimate of drug-likeness (QED) is 0.276. The summed E-state index contributed by atoms with van der Waals surface area (Å²) in [5.74, 6) is -1.74. The molecular weight excluding hydrogens is 585 g/mol. The Bertz CT molecular complexity index is 1350. The lowest BCUT2D eigenvalue weighted by atomic mass is 10.0. The van der Waals surface area contributed by atoms with Gasteiger partial charge in [-0.25, -0.2) is 12.8 Å². The number of carbonyl (C=O) groups excluding carboxylic acids is 2. The molecule has 1 atom stereocenters. The lowest BCUT2D eigenvalue weighted by molar-refractivity contribution is -0.140. The van der Waals surface area contributed by atoms with Gasteiger partial charge in [0.1, 0.15) is 18.4 Å². The largest absolute Gasteiger partial charge is 0.354 e. The Morgan fingerprint density at radius 3 is 2.21 bits per heavy atom. The number of anilines is 1. The summed E-state index contributed by atoms with van der Waals surface area (Å²) < 4.78 is 41.7. The Balaban J connectivity index is 2.03. The molecule has 0 saturated carbocycles. The van der Waals surface area contributed by atoms with Crippen molar-refractivity contribution in [2.45, 2.75) is 38.8 Å². The molecule has 3 aromatic carbocycles. The Kier molecular flexibility index (Phi) is 11.1. The molecule has 7 nitrogen and oxygen atoms in total. The number of halogens is 2. The number of hydrogen-bond acceptors (Lipinski definition) is 4. The van der Waals surface area contributed by atoms with Crippen molar-refractivity contribution in [3.05, 3.63) is 100 Å². The smallest absolute Gasteiger partial charge is 0.244 e. The highest BCUT2D eigenvalue weighted by Crippen LogP contribution is 2.23. The highest BCUT2D eigenvalue weighted by molar-refractivity contribution is 9.10. The Morgan fingerprint density at radius 2 is 1.59 bits per heavy atom. The summed E-state index contributed by atoms with van der Waals surface area (Å²) in [6.07, 6.45) is 2.81. The second kappa shape index (κ2) is 14.2. The van der Waals surface area contributed by atoms with Crippen molar-refractivity contribution >= 4 is 43.5 Å². The van der Waals surface area contributed by atoms with Crippen molar-refractivity contribution in [3.63, 3.8) is 0 Å². The molecule has 0 bridgehead atoms. The predicted molar refractivity (Wildman–Crippen MR) is 155 cm³/mol. The molecule has 1 N–H and O–H groups in total. The number of para-hydroxylation sites is 1. The monoisotopic (exact) mass is 617 g/mol. The van der Waals surface area contributed by atoms with E-state index in [4.69, 9.17) is 0 Å². The Labute approximate surface area is 238 Å². The van der Waals surface area contributed by atoms with Gasteiger partial charge in [0.25, 0.3) is 0 Å². The van der Waals surface area contributed by atoms with Gasteiger partial charge in [0, 0.05) is 24.0 Å². The number of nitrogens with zero attached hydrogens (tertiary/aromatic N) is 2. The summed E-state index contributed by atoms with van der Waals surface area (Å²) in [6.45, 7) is 1.86. The fraction of sp³-hybridized carbons (Fsp3) is 0.310. The van der Waals surface area contributed by atoms with Crippen molar-refractivity contribution in [1.29, 1.82) is 0 Å². The lowest BCUT2D eigenvalue weighted by Gasteiger charge is -2.33. The van der Waals surface area contributed by atoms with Gasteiger partial charge < -0.3 is 10.2 Å². The molecule has 0 radical (unpaired) electrons. The number of nitrogens with one attached hydrogen (secondary N) is 1. The average molecular weight is 619 g/mol. The minimum atomic E-state index is -4.03. The molecule has 10 heteroatoms. The van der Waals surface area contributed by atoms with Crippen molar-refractivity contribution < 1.29 is 22.4 Å². The molecule has 2 amide bonds. The van der Waals surface area contributed by atoms with Crippen LogP contribution >= 0.6 is 15.9 Å². The van der Waals surface area contributed by atoms with Gasteiger partial charge in [0.2, 0.25) is 21.8 Å². The fourth-order valence-corrected chi connectivity index (χ4v) is 5.21. The van der Waals surface area contributed by atoms with Crippen molar-refractivity contribution in [1.82, 2.24) is 10.2 Å². The first-order valence-corrected chi connectivity index (χ1v) is 15.3. The molecule has 0 aliphatic heterocycles. The summed E-state index contributed by atoms with van der Waals surface area (Å²) in [6, 6.07) is 21.1. The van der Waals surface area contributed by atoms with E-state index in [1.54, 1.807) is 0 Å². The first kappa shape index (κ1) is 30.3. The second-order valence-electron chi connectivity index (χ2n) is 9.22. The third-order valence-corrected chi connectivity index (χ3v) is 7.82. The zero-order chi connectivity index (χ0) is 28.4. The number of sulfonamides is 1. The molecule has 208 valence electrons. The van der Waals surface area contributed by atoms with Crippen LogP contribution in [0.3, 0.4) is 0 Å². The van der Waals surface area contributed by atoms with Crippen LogP contribution in [-0.2, 0) is 32.6 Å². The summed E-state index contributed by atoms with van der Waals surface area (Å²) in [5.41, 5.74) is 1.36. The van der Waals surface area contributed by atoms with Crippen molar-refractivity contribution in [3.8, 4) is 0 Å². The molecular formula is C29H33BrFN3O4S. The van der Waals surface area contributed by atoms with Gasteiger partial charge in [0.15, 0.2) is 0 Å². The highest BCUT2D eigenvalue weighted by atomic mass is 79.9. The number of unbranched alkanes of at least 4 members (excludes halogenated alkanes) is 1. The molecule has 0 aliphatic rings. The molecule has 1 unspecified atom stereocenters. The van der Waals surface area contributed by atoms with E-state index in [9.17, 15) is 22.4 Å². The molecule has 0 aliphatic carbocycles. The van der Waals surface area contributed by atoms with E-state index < -0.39 is 34.3 Å². The number of amides is 2. The van der Waals surface area contributed by atoms with E-state index in [0.29, 0.717) is 6.54 Å². The van der Waals surface area contributed by atoms with Gasteiger partial charge in [-0.3, -0.25) is 13.9 Å². The molecule has 0 heterocycles. The van der Waals surface area contributed by atoms with Gasteiger partial charge in [-0.05, 0) is 41.8 Å². The fourth-order valence-electron chi connectivity index (χ4n) is 4.10. The maximum Gasteiger partial charge on any atom is 0.244 e. The summed E-state index contributed by atoms with van der Waals surface area (Å²) in [5, 5.41) is 2.93. The van der Waals surface area contributed by atoms with Gasteiger partial charge in [-0.15, -0.1) is 0 Å². The van der Waals surface area contributed by atoms with E-state index in [1.165, 1.54) is 23.1 Å². The Morgan fingerprint density at radius 1 is 0.949 bits per heavy atom. The first-order valence-electron chi connectivity index (χ1n) is 12.7. The Hall–Kier alpha value is -3.24. The number of rotatable bonds is 13. The number of hydrogen-bond donors (Lipinski definition) is 1. The van der Waals surface area contributed by atoms with E-state index in [-0.39, 0.29) is 24.6 Å². The van der Waals surface area contributed by atoms with E-state index in [0.717, 1.165) is 45.1 Å². The van der Waals surface area contributed by atoms with Crippen LogP contribution in [0, 0.1) is 5.82 Å². The maximum absolute atomic E-state index is 14.7. The summed E-state index contributed by atoms with van der Waals surface area (Å²) in [4.78, 5) is 28.8. The normalized spacial score (nSPS) is 12.0. The minimum Gasteiger partial charge on any atom is -0.354 e. The third-order valence-electron chi connectivity index (χ3n) is 6.17. The average Bonchev–Trinajstić information content (AvgIpc) is 2.91. The molecule has 0 aromatic heterocycles. The molecule has 3 rings (SSSR count). The minimum absolute atomic E-state index is 0.0552. The van der Waals surface area contributed by atoms with Crippen molar-refractivity contribution in [2.24, 2.45) is 0 Å². The standard InChI is InChI=1S/C29H33BrFN3O4S/c1-3-4-18-32-29(36)27(19-22-10-6-5-7-11-22)33(20-23-14-16-24(30)17-15-23)28(35)21-34(39(2,37)38)26-13-9-8-12-25(26)31/h5-17,27H,3-4,18-21H2,1-2H3,(H,32,36). The lowest BCUT2D eigenvalue weighted by Crippen LogP contribution is -2.53. The topological polar surface area (TPSA) is 86.8 Å². The predicted octanol–water partition coefficient (Wildman–Crippen LogP) is 4.91. The zero-order valence-corrected chi connectivity index (χ0v) is 24.4. The summed E-state index contributed by atoms with van der Waals surface area (Å²) >= 11 is 3.41. The van der Waals surface area contributed by atoms with Crippen LogP contribution in [-0.4, -0.2) is 50.5 Å². The van der Waals surface area contributed by atoms with Crippen LogP contribution in [0.4, 0.5) is 10.1 Å². The van der Waals surface area contributed by atoms with Crippen LogP contribution in [0.5, 0.6) is 0 Å². The van der Waals surface area contributed by atoms with Gasteiger partial charge >= 0.3 is 0 Å². The number of benzene rings is 3. The molecule has 39 heavy (non-hydrogen) atoms. The van der Waals surface area contributed by atoms with E-state index in [1.807, 2.05) is 61.5 Å². The van der Waals surface area contributed by atoms with Crippen LogP contribution in [0.1, 0.15) is 30.9 Å². The maximum atomic E-state index is 14.7. The van der Waals surface area contributed by atoms with Crippen LogP contribution in [0.25, 0.3) is 0 Å². The second-order valence-corrected chi connectivity index (χ2v) is 12.0. The van der Waals surface area contributed by atoms with E-state index in [2.05, 4.69) is 21.2 Å². The van der Waals surface area contributed by atoms with Crippen molar-refractivity contribution in [2.75, 3.05) is 23.7 Å². The first-order chi connectivity index (χ1) is 18.6. The SMILES string of the molecule is CCCCNC(=O)C(Cc1ccccc1)N(Cc1ccc(Br)cc1)C(=O)CN(c1ccccc1F)S(C)(=O)=O. The van der Waals surface area contributed by atoms with Gasteiger partial charge in [-0.2, -0.15) is 0 Å². The molecule has 0 spiro atoms. The summed E-state index contributed by atoms with van der Waals surface area (Å²) in [7, 11) is -4.03. The highest BCUT2D eigenvalue weighted by Gasteiger charge is 2.33. The molecule has 0 saturated heterocycles. The van der Waals surface area contributed by atoms with E-state index >= 15 is 0 Å². The van der Waals surface area contributed by atoms with Crippen LogP contribution < -0.4 is 9.62 Å². The number of carbonyl (C=O) groups is 2. The molecule has 3 aromatic rings. The third kappa shape index (κ3) is 8.90. The van der Waals surface area contributed by atoms with Crippen LogP contribution in [0.2, 0.25) is 0 Å². The molecule has 0 fully saturated rings. The van der Waals surface area contributed by atoms with Crippen LogP contribution in [0.15, 0.2) is 83.3 Å².